The van der Waals surface area contributed by atoms with Gasteiger partial charge in [-0.05, 0) is 42.8 Å². The first-order valence-corrected chi connectivity index (χ1v) is 9.46. The number of rotatable bonds is 5. The number of halogens is 3. The molecule has 0 fully saturated rings. The first-order chi connectivity index (χ1) is 14.5. The molecule has 5 nitrogen and oxygen atoms in total. The number of nitrogens with zero attached hydrogens (tertiary/aromatic N) is 4. The number of hydrogen-bond acceptors (Lipinski definition) is 5. The highest BCUT2D eigenvalue weighted by Gasteiger charge is 2.13. The predicted octanol–water partition coefficient (Wildman–Crippen LogP) is 5.45. The van der Waals surface area contributed by atoms with Crippen LogP contribution in [0.15, 0.2) is 61.3 Å². The lowest BCUT2D eigenvalue weighted by Crippen LogP contribution is -2.06. The molecular formula is C22H16ClF2N5. The van der Waals surface area contributed by atoms with E-state index in [4.69, 9.17) is 11.6 Å². The molecule has 8 heteroatoms. The van der Waals surface area contributed by atoms with E-state index in [1.54, 1.807) is 36.7 Å². The van der Waals surface area contributed by atoms with Gasteiger partial charge in [0, 0.05) is 59.9 Å². The van der Waals surface area contributed by atoms with Crippen LogP contribution in [0.3, 0.4) is 0 Å². The fourth-order valence-electron chi connectivity index (χ4n) is 3.01. The average molecular weight is 424 g/mol. The second-order valence-corrected chi connectivity index (χ2v) is 7.06. The van der Waals surface area contributed by atoms with E-state index >= 15 is 0 Å². The van der Waals surface area contributed by atoms with Crippen molar-refractivity contribution in [3.05, 3.63) is 89.2 Å². The summed E-state index contributed by atoms with van der Waals surface area (Å²) in [5, 5.41) is 3.30. The number of aryl methyl sites for hydroxylation is 1. The highest BCUT2D eigenvalue weighted by atomic mass is 35.5. The Labute approximate surface area is 176 Å². The van der Waals surface area contributed by atoms with Crippen LogP contribution in [0.25, 0.3) is 22.4 Å². The fraction of sp³-hybridized carbons (Fsp3) is 0.0909. The molecule has 4 aromatic heterocycles. The highest BCUT2D eigenvalue weighted by Crippen LogP contribution is 2.28. The molecular weight excluding hydrogens is 408 g/mol. The molecule has 0 atom stereocenters. The molecule has 0 aliphatic carbocycles. The monoisotopic (exact) mass is 423 g/mol. The molecule has 0 aliphatic heterocycles. The van der Waals surface area contributed by atoms with E-state index < -0.39 is 11.6 Å². The zero-order chi connectivity index (χ0) is 21.1. The molecule has 1 N–H and O–H groups in total. The Hall–Kier alpha value is -3.45. The normalized spacial score (nSPS) is 10.8. The van der Waals surface area contributed by atoms with Crippen LogP contribution in [0.5, 0.6) is 0 Å². The topological polar surface area (TPSA) is 63.6 Å². The maximum atomic E-state index is 14.9. The van der Waals surface area contributed by atoms with E-state index in [9.17, 15) is 8.78 Å². The van der Waals surface area contributed by atoms with Gasteiger partial charge in [0.05, 0.1) is 5.02 Å². The Balaban J connectivity index is 1.54. The van der Waals surface area contributed by atoms with Gasteiger partial charge in [-0.1, -0.05) is 11.6 Å². The first kappa shape index (κ1) is 19.8. The van der Waals surface area contributed by atoms with Crippen LogP contribution >= 0.6 is 11.6 Å². The zero-order valence-electron chi connectivity index (χ0n) is 15.9. The van der Waals surface area contributed by atoms with Crippen molar-refractivity contribution in [1.29, 1.82) is 0 Å². The van der Waals surface area contributed by atoms with Gasteiger partial charge in [-0.25, -0.2) is 13.8 Å². The minimum atomic E-state index is -0.543. The largest absolute Gasteiger partial charge is 0.363 e. The molecule has 0 aliphatic rings. The van der Waals surface area contributed by atoms with E-state index in [1.807, 2.05) is 6.92 Å². The molecule has 0 aromatic carbocycles. The van der Waals surface area contributed by atoms with E-state index in [-0.39, 0.29) is 18.1 Å². The zero-order valence-corrected chi connectivity index (χ0v) is 16.7. The lowest BCUT2D eigenvalue weighted by atomic mass is 10.1. The second kappa shape index (κ2) is 8.51. The van der Waals surface area contributed by atoms with Gasteiger partial charge in [0.25, 0.3) is 0 Å². The molecule has 30 heavy (non-hydrogen) atoms. The molecule has 0 radical (unpaired) electrons. The van der Waals surface area contributed by atoms with Crippen molar-refractivity contribution in [3.8, 4) is 22.4 Å². The molecule has 150 valence electrons. The van der Waals surface area contributed by atoms with E-state index in [0.29, 0.717) is 27.3 Å². The maximum absolute atomic E-state index is 14.9. The smallest absolute Gasteiger partial charge is 0.173 e. The van der Waals surface area contributed by atoms with Gasteiger partial charge < -0.3 is 5.32 Å². The minimum Gasteiger partial charge on any atom is -0.363 e. The van der Waals surface area contributed by atoms with Crippen molar-refractivity contribution in [2.45, 2.75) is 13.5 Å². The summed E-state index contributed by atoms with van der Waals surface area (Å²) < 4.78 is 29.5. The number of anilines is 1. The number of aromatic nitrogens is 4. The van der Waals surface area contributed by atoms with Crippen molar-refractivity contribution in [2.75, 3.05) is 5.32 Å². The van der Waals surface area contributed by atoms with Gasteiger partial charge in [-0.15, -0.1) is 0 Å². The Morgan fingerprint density at radius 2 is 1.77 bits per heavy atom. The van der Waals surface area contributed by atoms with Crippen molar-refractivity contribution in [3.63, 3.8) is 0 Å². The quantitative estimate of drug-likeness (QED) is 0.462. The Morgan fingerprint density at radius 3 is 2.53 bits per heavy atom. The summed E-state index contributed by atoms with van der Waals surface area (Å²) in [6.45, 7) is 1.98. The summed E-state index contributed by atoms with van der Waals surface area (Å²) in [7, 11) is 0. The van der Waals surface area contributed by atoms with Gasteiger partial charge in [0.1, 0.15) is 11.5 Å². The van der Waals surface area contributed by atoms with Crippen LogP contribution < -0.4 is 5.32 Å². The van der Waals surface area contributed by atoms with Gasteiger partial charge in [0.2, 0.25) is 0 Å². The van der Waals surface area contributed by atoms with Crippen molar-refractivity contribution in [1.82, 2.24) is 19.9 Å². The predicted molar refractivity (Wildman–Crippen MR) is 112 cm³/mol. The molecule has 0 spiro atoms. The van der Waals surface area contributed by atoms with Crippen LogP contribution in [0.4, 0.5) is 14.6 Å². The average Bonchev–Trinajstić information content (AvgIpc) is 2.73. The van der Waals surface area contributed by atoms with Crippen LogP contribution in [-0.2, 0) is 6.54 Å². The molecule has 4 heterocycles. The van der Waals surface area contributed by atoms with Crippen molar-refractivity contribution >= 4 is 17.4 Å². The highest BCUT2D eigenvalue weighted by molar-refractivity contribution is 6.30. The van der Waals surface area contributed by atoms with Gasteiger partial charge in [-0.2, -0.15) is 0 Å². The lowest BCUT2D eigenvalue weighted by Gasteiger charge is -2.11. The van der Waals surface area contributed by atoms with E-state index in [2.05, 4.69) is 25.3 Å². The molecule has 4 aromatic rings. The molecule has 0 amide bonds. The summed E-state index contributed by atoms with van der Waals surface area (Å²) in [6, 6.07) is 7.99. The third-order valence-electron chi connectivity index (χ3n) is 4.43. The van der Waals surface area contributed by atoms with Gasteiger partial charge in [-0.3, -0.25) is 15.0 Å². The summed E-state index contributed by atoms with van der Waals surface area (Å²) in [4.78, 5) is 16.3. The molecule has 0 saturated heterocycles. The standard InChI is InChI=1S/C22H16ClF2N5/c1-13-6-15(2-4-27-13)21-19(24)7-14(9-29-21)10-30-22-20(25)18(3-5-28-22)16-8-17(23)12-26-11-16/h2-9,11-12H,10H2,1H3,(H,28,30). The fourth-order valence-corrected chi connectivity index (χ4v) is 3.19. The SMILES string of the molecule is Cc1cc(-c2ncc(CNc3nccc(-c4cncc(Cl)c4)c3F)cc2F)ccn1. The Morgan fingerprint density at radius 1 is 0.933 bits per heavy atom. The summed E-state index contributed by atoms with van der Waals surface area (Å²) in [5.74, 6) is -0.965. The van der Waals surface area contributed by atoms with Crippen molar-refractivity contribution in [2.24, 2.45) is 0 Å². The van der Waals surface area contributed by atoms with Crippen LogP contribution in [0, 0.1) is 18.6 Å². The van der Waals surface area contributed by atoms with E-state index in [0.717, 1.165) is 5.69 Å². The number of hydrogen-bond donors (Lipinski definition) is 1. The van der Waals surface area contributed by atoms with E-state index in [1.165, 1.54) is 24.7 Å². The first-order valence-electron chi connectivity index (χ1n) is 9.08. The third-order valence-corrected chi connectivity index (χ3v) is 4.64. The van der Waals surface area contributed by atoms with Gasteiger partial charge in [0.15, 0.2) is 11.6 Å². The van der Waals surface area contributed by atoms with Crippen LogP contribution in [-0.4, -0.2) is 19.9 Å². The Bertz CT molecular complexity index is 1220. The minimum absolute atomic E-state index is 0.0433. The van der Waals surface area contributed by atoms with Crippen molar-refractivity contribution < 1.29 is 8.78 Å². The van der Waals surface area contributed by atoms with Crippen LogP contribution in [0.1, 0.15) is 11.3 Å². The molecule has 4 rings (SSSR count). The maximum Gasteiger partial charge on any atom is 0.173 e. The third kappa shape index (κ3) is 4.26. The van der Waals surface area contributed by atoms with Crippen LogP contribution in [0.2, 0.25) is 5.02 Å². The summed E-state index contributed by atoms with van der Waals surface area (Å²) >= 11 is 5.95. The molecule has 0 bridgehead atoms. The Kier molecular flexibility index (Phi) is 5.63. The number of nitrogens with one attached hydrogen (secondary N) is 1. The molecule has 0 unspecified atom stereocenters. The second-order valence-electron chi connectivity index (χ2n) is 6.63. The number of pyridine rings is 4. The van der Waals surface area contributed by atoms with Gasteiger partial charge >= 0.3 is 0 Å². The molecule has 0 saturated carbocycles. The summed E-state index contributed by atoms with van der Waals surface area (Å²) in [6.07, 6.45) is 7.63. The summed E-state index contributed by atoms with van der Waals surface area (Å²) in [5.41, 5.74) is 3.07. The lowest BCUT2D eigenvalue weighted by molar-refractivity contribution is 0.622.